The van der Waals surface area contributed by atoms with Gasteiger partial charge in [-0.15, -0.1) is 0 Å². The zero-order valence-corrected chi connectivity index (χ0v) is 13.1. The molecule has 0 spiro atoms. The molecular weight excluding hydrogens is 252 g/mol. The fourth-order valence-corrected chi connectivity index (χ4v) is 3.50. The van der Waals surface area contributed by atoms with Crippen molar-refractivity contribution in [1.82, 2.24) is 10.2 Å². The van der Waals surface area contributed by atoms with Crippen LogP contribution in [-0.4, -0.2) is 43.3 Å². The van der Waals surface area contributed by atoms with Gasteiger partial charge in [0.05, 0.1) is 6.61 Å². The lowest BCUT2D eigenvalue weighted by molar-refractivity contribution is 0.0941. The molecule has 2 aliphatic rings. The molecule has 1 saturated heterocycles. The number of carbonyl (C=O) groups excluding carboxylic acids is 1. The van der Waals surface area contributed by atoms with E-state index in [2.05, 4.69) is 12.2 Å². The number of nitrogens with zero attached hydrogens (tertiary/aromatic N) is 1. The van der Waals surface area contributed by atoms with E-state index in [1.54, 1.807) is 0 Å². The molecule has 0 bridgehead atoms. The van der Waals surface area contributed by atoms with Gasteiger partial charge < -0.3 is 15.0 Å². The summed E-state index contributed by atoms with van der Waals surface area (Å²) in [6.07, 6.45) is 7.56. The van der Waals surface area contributed by atoms with Crippen LogP contribution < -0.4 is 5.32 Å². The molecule has 1 N–H and O–H groups in total. The van der Waals surface area contributed by atoms with E-state index in [0.29, 0.717) is 12.6 Å². The highest BCUT2D eigenvalue weighted by atomic mass is 16.6. The number of rotatable bonds is 4. The molecular formula is C16H30N2O2. The Labute approximate surface area is 123 Å². The van der Waals surface area contributed by atoms with Crippen LogP contribution in [0.15, 0.2) is 0 Å². The zero-order chi connectivity index (χ0) is 14.4. The molecule has 1 aliphatic heterocycles. The van der Waals surface area contributed by atoms with Crippen molar-refractivity contribution in [1.29, 1.82) is 0 Å². The average molecular weight is 282 g/mol. The Morgan fingerprint density at radius 2 is 1.90 bits per heavy atom. The number of hydrogen-bond acceptors (Lipinski definition) is 3. The van der Waals surface area contributed by atoms with Crippen molar-refractivity contribution in [3.05, 3.63) is 0 Å². The van der Waals surface area contributed by atoms with Crippen LogP contribution in [0.5, 0.6) is 0 Å². The van der Waals surface area contributed by atoms with Crippen LogP contribution in [0.4, 0.5) is 4.79 Å². The number of amides is 1. The van der Waals surface area contributed by atoms with E-state index in [0.717, 1.165) is 44.3 Å². The van der Waals surface area contributed by atoms with Gasteiger partial charge in [0.15, 0.2) is 0 Å². The number of carbonyl (C=O) groups is 1. The first-order chi connectivity index (χ1) is 9.70. The van der Waals surface area contributed by atoms with E-state index in [-0.39, 0.29) is 6.09 Å². The predicted molar refractivity (Wildman–Crippen MR) is 80.7 cm³/mol. The minimum absolute atomic E-state index is 0.146. The Hall–Kier alpha value is -0.770. The van der Waals surface area contributed by atoms with Gasteiger partial charge in [0.1, 0.15) is 0 Å². The molecule has 2 fully saturated rings. The molecule has 2 rings (SSSR count). The first-order valence-corrected chi connectivity index (χ1v) is 8.35. The summed E-state index contributed by atoms with van der Waals surface area (Å²) >= 11 is 0. The largest absolute Gasteiger partial charge is 0.450 e. The number of piperidine rings is 1. The Balaban J connectivity index is 1.65. The van der Waals surface area contributed by atoms with E-state index < -0.39 is 0 Å². The highest BCUT2D eigenvalue weighted by Gasteiger charge is 2.25. The smallest absolute Gasteiger partial charge is 0.409 e. The fourth-order valence-electron chi connectivity index (χ4n) is 3.50. The van der Waals surface area contributed by atoms with Crippen molar-refractivity contribution < 1.29 is 9.53 Å². The van der Waals surface area contributed by atoms with Gasteiger partial charge in [0, 0.05) is 19.1 Å². The second kappa shape index (κ2) is 7.87. The standard InChI is InChI=1S/C16H30N2O2/c1-3-20-16(19)18-10-8-15(9-11-18)17-12-14-7-5-4-6-13(14)2/h13-15,17H,3-12H2,1-2H3. The van der Waals surface area contributed by atoms with E-state index in [9.17, 15) is 4.79 Å². The summed E-state index contributed by atoms with van der Waals surface area (Å²) in [7, 11) is 0. The third kappa shape index (κ3) is 4.37. The fraction of sp³-hybridized carbons (Fsp3) is 0.938. The highest BCUT2D eigenvalue weighted by Crippen LogP contribution is 2.29. The molecule has 0 radical (unpaired) electrons. The molecule has 2 unspecified atom stereocenters. The Kier molecular flexibility index (Phi) is 6.14. The van der Waals surface area contributed by atoms with E-state index in [1.165, 1.54) is 25.7 Å². The second-order valence-electron chi connectivity index (χ2n) is 6.39. The van der Waals surface area contributed by atoms with Crippen molar-refractivity contribution in [2.24, 2.45) is 11.8 Å². The van der Waals surface area contributed by atoms with E-state index in [4.69, 9.17) is 4.74 Å². The van der Waals surface area contributed by atoms with Gasteiger partial charge >= 0.3 is 6.09 Å². The van der Waals surface area contributed by atoms with Crippen LogP contribution in [0.25, 0.3) is 0 Å². The molecule has 4 nitrogen and oxygen atoms in total. The molecule has 20 heavy (non-hydrogen) atoms. The van der Waals surface area contributed by atoms with Gasteiger partial charge in [-0.1, -0.05) is 26.2 Å². The molecule has 2 atom stereocenters. The quantitative estimate of drug-likeness (QED) is 0.862. The van der Waals surface area contributed by atoms with Crippen LogP contribution in [-0.2, 0) is 4.74 Å². The summed E-state index contributed by atoms with van der Waals surface area (Å²) in [5.41, 5.74) is 0. The van der Waals surface area contributed by atoms with Crippen LogP contribution in [0.3, 0.4) is 0 Å². The number of hydrogen-bond donors (Lipinski definition) is 1. The summed E-state index contributed by atoms with van der Waals surface area (Å²) in [5.74, 6) is 1.72. The van der Waals surface area contributed by atoms with Crippen LogP contribution in [0.2, 0.25) is 0 Å². The van der Waals surface area contributed by atoms with Crippen LogP contribution in [0.1, 0.15) is 52.4 Å². The summed E-state index contributed by atoms with van der Waals surface area (Å²) in [6.45, 7) is 7.54. The lowest BCUT2D eigenvalue weighted by atomic mass is 9.80. The third-order valence-corrected chi connectivity index (χ3v) is 4.98. The van der Waals surface area contributed by atoms with Crippen molar-refractivity contribution in [2.75, 3.05) is 26.2 Å². The van der Waals surface area contributed by atoms with Crippen LogP contribution >= 0.6 is 0 Å². The lowest BCUT2D eigenvalue weighted by Crippen LogP contribution is -2.46. The Morgan fingerprint density at radius 3 is 2.55 bits per heavy atom. The van der Waals surface area contributed by atoms with Gasteiger partial charge in [-0.25, -0.2) is 4.79 Å². The molecule has 1 heterocycles. The number of likely N-dealkylation sites (tertiary alicyclic amines) is 1. The first kappa shape index (κ1) is 15.6. The van der Waals surface area contributed by atoms with Gasteiger partial charge in [-0.2, -0.15) is 0 Å². The zero-order valence-electron chi connectivity index (χ0n) is 13.1. The third-order valence-electron chi connectivity index (χ3n) is 4.98. The minimum atomic E-state index is -0.146. The summed E-state index contributed by atoms with van der Waals surface area (Å²) in [5, 5.41) is 3.73. The van der Waals surface area contributed by atoms with Crippen molar-refractivity contribution in [3.8, 4) is 0 Å². The molecule has 1 aliphatic carbocycles. The SMILES string of the molecule is CCOC(=O)N1CCC(NCC2CCCCC2C)CC1. The summed E-state index contributed by atoms with van der Waals surface area (Å²) in [4.78, 5) is 13.5. The maximum Gasteiger partial charge on any atom is 0.409 e. The monoisotopic (exact) mass is 282 g/mol. The van der Waals surface area contributed by atoms with Crippen LogP contribution in [0, 0.1) is 11.8 Å². The van der Waals surface area contributed by atoms with Crippen molar-refractivity contribution in [3.63, 3.8) is 0 Å². The van der Waals surface area contributed by atoms with E-state index >= 15 is 0 Å². The lowest BCUT2D eigenvalue weighted by Gasteiger charge is -2.34. The molecule has 0 aromatic carbocycles. The molecule has 116 valence electrons. The normalized spacial score (nSPS) is 28.4. The van der Waals surface area contributed by atoms with Crippen molar-refractivity contribution in [2.45, 2.75) is 58.4 Å². The molecule has 4 heteroatoms. The maximum absolute atomic E-state index is 11.6. The number of ether oxygens (including phenoxy) is 1. The number of nitrogens with one attached hydrogen (secondary N) is 1. The predicted octanol–water partition coefficient (Wildman–Crippen LogP) is 3.02. The summed E-state index contributed by atoms with van der Waals surface area (Å²) < 4.78 is 5.05. The molecule has 1 saturated carbocycles. The average Bonchev–Trinajstić information content (AvgIpc) is 2.47. The Bertz CT molecular complexity index is 301. The van der Waals surface area contributed by atoms with Gasteiger partial charge in [0.2, 0.25) is 0 Å². The van der Waals surface area contributed by atoms with Gasteiger partial charge in [-0.3, -0.25) is 0 Å². The Morgan fingerprint density at radius 1 is 1.20 bits per heavy atom. The van der Waals surface area contributed by atoms with Crippen molar-refractivity contribution >= 4 is 6.09 Å². The summed E-state index contributed by atoms with van der Waals surface area (Å²) in [6, 6.07) is 0.579. The molecule has 0 aromatic heterocycles. The highest BCUT2D eigenvalue weighted by molar-refractivity contribution is 5.67. The topological polar surface area (TPSA) is 41.6 Å². The minimum Gasteiger partial charge on any atom is -0.450 e. The second-order valence-corrected chi connectivity index (χ2v) is 6.39. The molecule has 0 aromatic rings. The van der Waals surface area contributed by atoms with E-state index in [1.807, 2.05) is 11.8 Å². The first-order valence-electron chi connectivity index (χ1n) is 8.35. The van der Waals surface area contributed by atoms with Gasteiger partial charge in [-0.05, 0) is 44.6 Å². The van der Waals surface area contributed by atoms with Gasteiger partial charge in [0.25, 0.3) is 0 Å². The molecule has 1 amide bonds. The maximum atomic E-state index is 11.6.